The second-order valence-electron chi connectivity index (χ2n) is 8.69. The van der Waals surface area contributed by atoms with E-state index >= 15 is 0 Å². The zero-order valence-electron chi connectivity index (χ0n) is 20.0. The van der Waals surface area contributed by atoms with Gasteiger partial charge in [-0.1, -0.05) is 49.4 Å². The van der Waals surface area contributed by atoms with Crippen molar-refractivity contribution < 1.29 is 9.53 Å². The van der Waals surface area contributed by atoms with Gasteiger partial charge >= 0.3 is 0 Å². The largest absolute Gasteiger partial charge is 0.481 e. The average Bonchev–Trinajstić information content (AvgIpc) is 2.92. The highest BCUT2D eigenvalue weighted by atomic mass is 16.5. The molecule has 178 valence electrons. The molecule has 4 aromatic rings. The number of benzene rings is 3. The Hall–Kier alpha value is -4.06. The van der Waals surface area contributed by atoms with Crippen LogP contribution in [0.5, 0.6) is 5.75 Å². The number of hydrogen-bond acceptors (Lipinski definition) is 5. The van der Waals surface area contributed by atoms with Crippen molar-refractivity contribution in [3.63, 3.8) is 0 Å². The molecular formula is C29H30N4O2. The van der Waals surface area contributed by atoms with Crippen molar-refractivity contribution in [1.82, 2.24) is 4.98 Å². The maximum Gasteiger partial charge on any atom is 0.262 e. The van der Waals surface area contributed by atoms with E-state index in [-0.39, 0.29) is 12.5 Å². The summed E-state index contributed by atoms with van der Waals surface area (Å²) in [6.45, 7) is 5.72. The number of para-hydroxylation sites is 2. The SMILES string of the molecule is CCc1ccc(NC(=O)COc2cccc3ccc(N4CCN(c5ccccc5)CC4)nc23)cc1. The van der Waals surface area contributed by atoms with E-state index < -0.39 is 0 Å². The quantitative estimate of drug-likeness (QED) is 0.409. The minimum Gasteiger partial charge on any atom is -0.481 e. The van der Waals surface area contributed by atoms with Gasteiger partial charge in [-0.2, -0.15) is 0 Å². The molecule has 0 bridgehead atoms. The maximum absolute atomic E-state index is 12.5. The number of hydrogen-bond donors (Lipinski definition) is 1. The molecule has 0 unspecified atom stereocenters. The van der Waals surface area contributed by atoms with Crippen molar-refractivity contribution >= 4 is 34.0 Å². The van der Waals surface area contributed by atoms with Crippen LogP contribution in [0, 0.1) is 0 Å². The van der Waals surface area contributed by atoms with Crippen LogP contribution >= 0.6 is 0 Å². The molecule has 1 aliphatic rings. The van der Waals surface area contributed by atoms with E-state index in [0.717, 1.165) is 55.0 Å². The number of piperazine rings is 1. The lowest BCUT2D eigenvalue weighted by atomic mass is 10.1. The lowest BCUT2D eigenvalue weighted by Crippen LogP contribution is -2.46. The first-order valence-electron chi connectivity index (χ1n) is 12.2. The van der Waals surface area contributed by atoms with E-state index in [0.29, 0.717) is 5.75 Å². The van der Waals surface area contributed by atoms with Gasteiger partial charge in [0.05, 0.1) is 0 Å². The molecule has 0 aliphatic carbocycles. The number of nitrogens with one attached hydrogen (secondary N) is 1. The monoisotopic (exact) mass is 466 g/mol. The highest BCUT2D eigenvalue weighted by Gasteiger charge is 2.19. The summed E-state index contributed by atoms with van der Waals surface area (Å²) in [4.78, 5) is 22.1. The number of nitrogens with zero attached hydrogens (tertiary/aromatic N) is 3. The van der Waals surface area contributed by atoms with Crippen molar-refractivity contribution in [2.24, 2.45) is 0 Å². The molecule has 1 N–H and O–H groups in total. The Labute approximate surface area is 206 Å². The molecule has 6 nitrogen and oxygen atoms in total. The van der Waals surface area contributed by atoms with Crippen molar-refractivity contribution in [2.45, 2.75) is 13.3 Å². The number of carbonyl (C=O) groups is 1. The number of anilines is 3. The van der Waals surface area contributed by atoms with E-state index in [1.165, 1.54) is 11.3 Å². The number of pyridine rings is 1. The first-order valence-corrected chi connectivity index (χ1v) is 12.2. The van der Waals surface area contributed by atoms with Gasteiger partial charge in [0.2, 0.25) is 0 Å². The fourth-order valence-corrected chi connectivity index (χ4v) is 4.40. The van der Waals surface area contributed by atoms with Crippen molar-refractivity contribution in [3.05, 3.63) is 90.5 Å². The van der Waals surface area contributed by atoms with Crippen LogP contribution in [0.4, 0.5) is 17.2 Å². The van der Waals surface area contributed by atoms with Crippen LogP contribution in [0.3, 0.4) is 0 Å². The molecule has 0 saturated carbocycles. The molecule has 35 heavy (non-hydrogen) atoms. The van der Waals surface area contributed by atoms with Gasteiger partial charge in [0.25, 0.3) is 5.91 Å². The van der Waals surface area contributed by atoms with Gasteiger partial charge in [-0.25, -0.2) is 4.98 Å². The van der Waals surface area contributed by atoms with E-state index in [2.05, 4.69) is 58.4 Å². The maximum atomic E-state index is 12.5. The summed E-state index contributed by atoms with van der Waals surface area (Å²) < 4.78 is 5.91. The van der Waals surface area contributed by atoms with Crippen LogP contribution in [0.25, 0.3) is 10.9 Å². The predicted octanol–water partition coefficient (Wildman–Crippen LogP) is 5.14. The predicted molar refractivity (Wildman–Crippen MR) is 143 cm³/mol. The van der Waals surface area contributed by atoms with E-state index in [1.54, 1.807) is 0 Å². The van der Waals surface area contributed by atoms with E-state index in [9.17, 15) is 4.79 Å². The molecule has 1 saturated heterocycles. The Morgan fingerprint density at radius 2 is 1.60 bits per heavy atom. The molecule has 1 amide bonds. The molecule has 1 aromatic heterocycles. The zero-order valence-corrected chi connectivity index (χ0v) is 20.0. The van der Waals surface area contributed by atoms with Gasteiger partial charge in [0.1, 0.15) is 17.1 Å². The lowest BCUT2D eigenvalue weighted by molar-refractivity contribution is -0.118. The molecule has 0 spiro atoms. The number of carbonyl (C=O) groups excluding carboxylic acids is 1. The van der Waals surface area contributed by atoms with Crippen molar-refractivity contribution in [2.75, 3.05) is 47.9 Å². The minimum atomic E-state index is -0.195. The lowest BCUT2D eigenvalue weighted by Gasteiger charge is -2.36. The van der Waals surface area contributed by atoms with Gasteiger partial charge in [-0.15, -0.1) is 0 Å². The summed E-state index contributed by atoms with van der Waals surface area (Å²) in [5.41, 5.74) is 4.03. The molecule has 5 rings (SSSR count). The Kier molecular flexibility index (Phi) is 6.80. The number of aryl methyl sites for hydroxylation is 1. The summed E-state index contributed by atoms with van der Waals surface area (Å²) in [6, 6.07) is 28.3. The molecule has 0 atom stereocenters. The van der Waals surface area contributed by atoms with Gasteiger partial charge in [0.15, 0.2) is 6.61 Å². The van der Waals surface area contributed by atoms with Crippen LogP contribution in [0.1, 0.15) is 12.5 Å². The average molecular weight is 467 g/mol. The first-order chi connectivity index (χ1) is 17.2. The number of aromatic nitrogens is 1. The second kappa shape index (κ2) is 10.5. The van der Waals surface area contributed by atoms with Crippen LogP contribution in [-0.4, -0.2) is 43.7 Å². The molecule has 0 radical (unpaired) electrons. The third kappa shape index (κ3) is 5.38. The fourth-order valence-electron chi connectivity index (χ4n) is 4.40. The normalized spacial score (nSPS) is 13.6. The first kappa shape index (κ1) is 22.7. The molecule has 1 aliphatic heterocycles. The highest BCUT2D eigenvalue weighted by molar-refractivity contribution is 5.92. The number of fused-ring (bicyclic) bond motifs is 1. The smallest absolute Gasteiger partial charge is 0.262 e. The van der Waals surface area contributed by atoms with E-state index in [4.69, 9.17) is 9.72 Å². The summed E-state index contributed by atoms with van der Waals surface area (Å²) >= 11 is 0. The summed E-state index contributed by atoms with van der Waals surface area (Å²) in [5, 5.41) is 3.89. The Balaban J connectivity index is 1.24. The van der Waals surface area contributed by atoms with Crippen LogP contribution in [0.15, 0.2) is 84.9 Å². The number of rotatable bonds is 7. The molecule has 6 heteroatoms. The van der Waals surface area contributed by atoms with Crippen LogP contribution in [-0.2, 0) is 11.2 Å². The summed E-state index contributed by atoms with van der Waals surface area (Å²) in [7, 11) is 0. The van der Waals surface area contributed by atoms with Gasteiger partial charge in [-0.05, 0) is 54.4 Å². The second-order valence-corrected chi connectivity index (χ2v) is 8.69. The topological polar surface area (TPSA) is 57.7 Å². The third-order valence-corrected chi connectivity index (χ3v) is 6.40. The fraction of sp³-hybridized carbons (Fsp3) is 0.241. The van der Waals surface area contributed by atoms with Gasteiger partial charge in [0, 0.05) is 42.9 Å². The van der Waals surface area contributed by atoms with E-state index in [1.807, 2.05) is 48.5 Å². The third-order valence-electron chi connectivity index (χ3n) is 6.40. The minimum absolute atomic E-state index is 0.0731. The Morgan fingerprint density at radius 1 is 0.857 bits per heavy atom. The van der Waals surface area contributed by atoms with Crippen LogP contribution in [0.2, 0.25) is 0 Å². The van der Waals surface area contributed by atoms with Crippen molar-refractivity contribution in [1.29, 1.82) is 0 Å². The highest BCUT2D eigenvalue weighted by Crippen LogP contribution is 2.27. The summed E-state index contributed by atoms with van der Waals surface area (Å²) in [5.74, 6) is 1.35. The van der Waals surface area contributed by atoms with Gasteiger partial charge < -0.3 is 19.9 Å². The zero-order chi connectivity index (χ0) is 24.0. The molecular weight excluding hydrogens is 436 g/mol. The molecule has 2 heterocycles. The standard InChI is InChI=1S/C29H30N4O2/c1-2-22-11-14-24(15-12-22)30-28(34)21-35-26-10-6-7-23-13-16-27(31-29(23)26)33-19-17-32(18-20-33)25-8-4-3-5-9-25/h3-16H,2,17-21H2,1H3,(H,30,34). The van der Waals surface area contributed by atoms with Crippen molar-refractivity contribution in [3.8, 4) is 5.75 Å². The Morgan fingerprint density at radius 3 is 2.34 bits per heavy atom. The molecule has 3 aromatic carbocycles. The Bertz CT molecular complexity index is 1280. The number of ether oxygens (including phenoxy) is 1. The van der Waals surface area contributed by atoms with Gasteiger partial charge in [-0.3, -0.25) is 4.79 Å². The number of amides is 1. The van der Waals surface area contributed by atoms with Crippen LogP contribution < -0.4 is 19.9 Å². The molecule has 1 fully saturated rings. The summed E-state index contributed by atoms with van der Waals surface area (Å²) in [6.07, 6.45) is 0.968.